The molecule has 2 heteroatoms. The summed E-state index contributed by atoms with van der Waals surface area (Å²) in [6.45, 7) is 11.8. The molecule has 0 fully saturated rings. The first-order valence-corrected chi connectivity index (χ1v) is 7.32. The molecule has 1 unspecified atom stereocenters. The maximum Gasteiger partial charge on any atom is 0.137 e. The van der Waals surface area contributed by atoms with Crippen molar-refractivity contribution in [3.63, 3.8) is 0 Å². The standard InChI is InChI=1S/C17H25NO/c1-6-8-15(18-7-2)16-10-14-12(4)9-11(3)13(5)17(14)19-16/h9-10,15,18H,6-8H2,1-5H3. The SMILES string of the molecule is CCCC(NCC)c1cc2c(C)cc(C)c(C)c2o1. The van der Waals surface area contributed by atoms with Gasteiger partial charge in [-0.05, 0) is 56.5 Å². The van der Waals surface area contributed by atoms with E-state index < -0.39 is 0 Å². The van der Waals surface area contributed by atoms with Crippen LogP contribution in [-0.4, -0.2) is 6.54 Å². The zero-order valence-electron chi connectivity index (χ0n) is 12.8. The maximum absolute atomic E-state index is 6.17. The monoisotopic (exact) mass is 259 g/mol. The number of fused-ring (bicyclic) bond motifs is 1. The fourth-order valence-electron chi connectivity index (χ4n) is 2.72. The van der Waals surface area contributed by atoms with Crippen molar-refractivity contribution in [3.8, 4) is 0 Å². The summed E-state index contributed by atoms with van der Waals surface area (Å²) in [5, 5.41) is 4.78. The quantitative estimate of drug-likeness (QED) is 0.833. The Bertz CT molecular complexity index is 562. The molecule has 19 heavy (non-hydrogen) atoms. The number of aryl methyl sites for hydroxylation is 3. The lowest BCUT2D eigenvalue weighted by atomic mass is 10.0. The highest BCUT2D eigenvalue weighted by Gasteiger charge is 2.17. The van der Waals surface area contributed by atoms with Crippen molar-refractivity contribution in [2.75, 3.05) is 6.54 Å². The third kappa shape index (κ3) is 2.69. The van der Waals surface area contributed by atoms with Gasteiger partial charge in [0.05, 0.1) is 6.04 Å². The molecule has 0 saturated carbocycles. The van der Waals surface area contributed by atoms with Crippen molar-refractivity contribution in [2.24, 2.45) is 0 Å². The summed E-state index contributed by atoms with van der Waals surface area (Å²) in [4.78, 5) is 0. The molecular weight excluding hydrogens is 234 g/mol. The van der Waals surface area contributed by atoms with Gasteiger partial charge < -0.3 is 9.73 Å². The van der Waals surface area contributed by atoms with Gasteiger partial charge in [-0.25, -0.2) is 0 Å². The Labute approximate surface area is 116 Å². The number of rotatable bonds is 5. The summed E-state index contributed by atoms with van der Waals surface area (Å²) in [6, 6.07) is 4.81. The molecule has 0 saturated heterocycles. The zero-order chi connectivity index (χ0) is 14.0. The third-order valence-corrected chi connectivity index (χ3v) is 3.91. The lowest BCUT2D eigenvalue weighted by molar-refractivity contribution is 0.414. The van der Waals surface area contributed by atoms with Gasteiger partial charge in [-0.2, -0.15) is 0 Å². The van der Waals surface area contributed by atoms with Crippen LogP contribution in [0.2, 0.25) is 0 Å². The molecule has 0 spiro atoms. The summed E-state index contributed by atoms with van der Waals surface area (Å²) in [6.07, 6.45) is 2.27. The van der Waals surface area contributed by atoms with E-state index in [0.717, 1.165) is 30.7 Å². The Morgan fingerprint density at radius 1 is 1.11 bits per heavy atom. The molecule has 0 aliphatic heterocycles. The van der Waals surface area contributed by atoms with E-state index in [-0.39, 0.29) is 0 Å². The largest absolute Gasteiger partial charge is 0.459 e. The highest BCUT2D eigenvalue weighted by Crippen LogP contribution is 2.32. The molecule has 1 N–H and O–H groups in total. The Hall–Kier alpha value is -1.28. The van der Waals surface area contributed by atoms with Crippen molar-refractivity contribution in [3.05, 3.63) is 34.6 Å². The molecule has 0 aliphatic carbocycles. The Morgan fingerprint density at radius 2 is 1.84 bits per heavy atom. The van der Waals surface area contributed by atoms with E-state index in [1.165, 1.54) is 22.1 Å². The van der Waals surface area contributed by atoms with E-state index in [1.807, 2.05) is 0 Å². The molecule has 1 atom stereocenters. The lowest BCUT2D eigenvalue weighted by Gasteiger charge is -2.13. The minimum atomic E-state index is 0.335. The second kappa shape index (κ2) is 5.79. The summed E-state index contributed by atoms with van der Waals surface area (Å²) < 4.78 is 6.17. The van der Waals surface area contributed by atoms with Crippen LogP contribution in [0.25, 0.3) is 11.0 Å². The van der Waals surface area contributed by atoms with Crippen LogP contribution in [-0.2, 0) is 0 Å². The Morgan fingerprint density at radius 3 is 2.47 bits per heavy atom. The molecule has 2 aromatic rings. The fraction of sp³-hybridized carbons (Fsp3) is 0.529. The van der Waals surface area contributed by atoms with Gasteiger partial charge in [-0.1, -0.05) is 26.3 Å². The van der Waals surface area contributed by atoms with Crippen molar-refractivity contribution >= 4 is 11.0 Å². The number of benzene rings is 1. The van der Waals surface area contributed by atoms with Crippen LogP contribution in [0, 0.1) is 20.8 Å². The number of hydrogen-bond donors (Lipinski definition) is 1. The summed E-state index contributed by atoms with van der Waals surface area (Å²) in [5.41, 5.74) is 4.94. The first kappa shape index (κ1) is 14.1. The second-order valence-electron chi connectivity index (χ2n) is 5.43. The van der Waals surface area contributed by atoms with E-state index in [4.69, 9.17) is 4.42 Å². The predicted octanol–water partition coefficient (Wildman–Crippen LogP) is 4.81. The lowest BCUT2D eigenvalue weighted by Crippen LogP contribution is -2.20. The van der Waals surface area contributed by atoms with Gasteiger partial charge in [0.2, 0.25) is 0 Å². The first-order chi connectivity index (χ1) is 9.08. The third-order valence-electron chi connectivity index (χ3n) is 3.91. The smallest absolute Gasteiger partial charge is 0.137 e. The minimum absolute atomic E-state index is 0.335. The van der Waals surface area contributed by atoms with Gasteiger partial charge in [-0.3, -0.25) is 0 Å². The zero-order valence-corrected chi connectivity index (χ0v) is 12.8. The van der Waals surface area contributed by atoms with E-state index in [2.05, 4.69) is 52.1 Å². The van der Waals surface area contributed by atoms with Crippen molar-refractivity contribution in [1.82, 2.24) is 5.32 Å². The van der Waals surface area contributed by atoms with Crippen molar-refractivity contribution in [2.45, 2.75) is 53.5 Å². The highest BCUT2D eigenvalue weighted by atomic mass is 16.3. The minimum Gasteiger partial charge on any atom is -0.459 e. The van der Waals surface area contributed by atoms with Crippen LogP contribution in [0.4, 0.5) is 0 Å². The summed E-state index contributed by atoms with van der Waals surface area (Å²) in [5.74, 6) is 1.08. The Kier molecular flexibility index (Phi) is 4.31. The number of nitrogens with one attached hydrogen (secondary N) is 1. The number of hydrogen-bond acceptors (Lipinski definition) is 2. The molecule has 1 aromatic heterocycles. The molecule has 1 heterocycles. The molecule has 0 aliphatic rings. The van der Waals surface area contributed by atoms with Crippen LogP contribution in [0.15, 0.2) is 16.5 Å². The van der Waals surface area contributed by atoms with Crippen molar-refractivity contribution < 1.29 is 4.42 Å². The van der Waals surface area contributed by atoms with E-state index >= 15 is 0 Å². The van der Waals surface area contributed by atoms with Gasteiger partial charge in [0, 0.05) is 5.39 Å². The van der Waals surface area contributed by atoms with Crippen molar-refractivity contribution in [1.29, 1.82) is 0 Å². The van der Waals surface area contributed by atoms with Gasteiger partial charge in [0.25, 0.3) is 0 Å². The van der Waals surface area contributed by atoms with Crippen LogP contribution >= 0.6 is 0 Å². The first-order valence-electron chi connectivity index (χ1n) is 7.32. The molecule has 1 aromatic carbocycles. The molecule has 0 bridgehead atoms. The molecule has 2 rings (SSSR count). The van der Waals surface area contributed by atoms with Gasteiger partial charge >= 0.3 is 0 Å². The van der Waals surface area contributed by atoms with Crippen LogP contribution in [0.5, 0.6) is 0 Å². The molecular formula is C17H25NO. The van der Waals surface area contributed by atoms with Gasteiger partial charge in [0.15, 0.2) is 0 Å². The summed E-state index contributed by atoms with van der Waals surface area (Å²) in [7, 11) is 0. The average Bonchev–Trinajstić information content (AvgIpc) is 2.81. The van der Waals surface area contributed by atoms with Gasteiger partial charge in [-0.15, -0.1) is 0 Å². The fourth-order valence-corrected chi connectivity index (χ4v) is 2.72. The average molecular weight is 259 g/mol. The predicted molar refractivity (Wildman–Crippen MR) is 81.8 cm³/mol. The van der Waals surface area contributed by atoms with Crippen LogP contribution in [0.1, 0.15) is 55.2 Å². The maximum atomic E-state index is 6.17. The second-order valence-corrected chi connectivity index (χ2v) is 5.43. The Balaban J connectivity index is 2.50. The number of furan rings is 1. The van der Waals surface area contributed by atoms with E-state index in [9.17, 15) is 0 Å². The molecule has 104 valence electrons. The summed E-state index contributed by atoms with van der Waals surface area (Å²) >= 11 is 0. The van der Waals surface area contributed by atoms with Gasteiger partial charge in [0.1, 0.15) is 11.3 Å². The topological polar surface area (TPSA) is 25.2 Å². The normalized spacial score (nSPS) is 13.1. The highest BCUT2D eigenvalue weighted by molar-refractivity contribution is 5.85. The van der Waals surface area contributed by atoms with E-state index in [1.54, 1.807) is 0 Å². The van der Waals surface area contributed by atoms with Crippen LogP contribution < -0.4 is 5.32 Å². The van der Waals surface area contributed by atoms with Crippen LogP contribution in [0.3, 0.4) is 0 Å². The molecule has 0 radical (unpaired) electrons. The molecule has 2 nitrogen and oxygen atoms in total. The molecule has 0 amide bonds. The van der Waals surface area contributed by atoms with E-state index in [0.29, 0.717) is 6.04 Å².